The van der Waals surface area contributed by atoms with Gasteiger partial charge in [-0.25, -0.2) is 8.42 Å². The van der Waals surface area contributed by atoms with Gasteiger partial charge in [-0.05, 0) is 57.5 Å². The lowest BCUT2D eigenvalue weighted by atomic mass is 10.1. The number of halogens is 1. The molecule has 6 nitrogen and oxygen atoms in total. The number of amides is 1. The van der Waals surface area contributed by atoms with Crippen LogP contribution >= 0.6 is 11.6 Å². The van der Waals surface area contributed by atoms with E-state index in [-0.39, 0.29) is 22.9 Å². The number of anilines is 1. The van der Waals surface area contributed by atoms with Gasteiger partial charge in [-0.3, -0.25) is 14.0 Å². The second-order valence-electron chi connectivity index (χ2n) is 9.11. The van der Waals surface area contributed by atoms with E-state index in [1.807, 2.05) is 4.90 Å². The molecule has 1 aliphatic rings. The van der Waals surface area contributed by atoms with Crippen molar-refractivity contribution in [2.75, 3.05) is 37.0 Å². The van der Waals surface area contributed by atoms with Crippen LogP contribution in [0.1, 0.15) is 37.6 Å². The first kappa shape index (κ1) is 25.3. The minimum absolute atomic E-state index is 0.0420. The normalized spacial score (nSPS) is 15.7. The maximum Gasteiger partial charge on any atom is 0.264 e. The summed E-state index contributed by atoms with van der Waals surface area (Å²) in [5.41, 5.74) is 0.768. The number of para-hydroxylation sites is 1. The van der Waals surface area contributed by atoms with Gasteiger partial charge in [0.2, 0.25) is 0 Å². The van der Waals surface area contributed by atoms with Crippen molar-refractivity contribution in [3.05, 3.63) is 71.8 Å². The van der Waals surface area contributed by atoms with E-state index in [0.717, 1.165) is 19.5 Å². The molecule has 8 heteroatoms. The first-order chi connectivity index (χ1) is 15.6. The van der Waals surface area contributed by atoms with Crippen molar-refractivity contribution in [2.24, 2.45) is 0 Å². The number of nitrogens with zero attached hydrogens (tertiary/aromatic N) is 3. The number of hydrogen-bond acceptors (Lipinski definition) is 4. The van der Waals surface area contributed by atoms with Crippen LogP contribution in [0.2, 0.25) is 5.02 Å². The summed E-state index contributed by atoms with van der Waals surface area (Å²) in [6.45, 7) is 13.2. The molecule has 1 aliphatic heterocycles. The standard InChI is InChI=1S/C25H32ClN3O3S/c1-5-14-29(23-13-7-6-12-22(23)26)33(31,32)21-11-8-10-20(19-21)24(30)27-15-9-16-28(18-17-27)25(2,3)4/h5-8,10-13,19H,1,9,14-18H2,2-4H3. The molecule has 1 fully saturated rings. The van der Waals surface area contributed by atoms with E-state index < -0.39 is 10.0 Å². The Hall–Kier alpha value is -2.35. The van der Waals surface area contributed by atoms with Gasteiger partial charge in [0.15, 0.2) is 0 Å². The van der Waals surface area contributed by atoms with Crippen LogP contribution in [0.15, 0.2) is 66.1 Å². The fraction of sp³-hybridized carbons (Fsp3) is 0.400. The van der Waals surface area contributed by atoms with Crippen LogP contribution < -0.4 is 4.31 Å². The summed E-state index contributed by atoms with van der Waals surface area (Å²) < 4.78 is 28.3. The molecule has 33 heavy (non-hydrogen) atoms. The van der Waals surface area contributed by atoms with Crippen molar-refractivity contribution < 1.29 is 13.2 Å². The molecule has 2 aromatic carbocycles. The molecule has 1 heterocycles. The fourth-order valence-electron chi connectivity index (χ4n) is 3.99. The van der Waals surface area contributed by atoms with E-state index >= 15 is 0 Å². The summed E-state index contributed by atoms with van der Waals surface area (Å²) in [5, 5.41) is 0.322. The predicted octanol–water partition coefficient (Wildman–Crippen LogP) is 4.67. The molecular formula is C25H32ClN3O3S. The van der Waals surface area contributed by atoms with Crippen molar-refractivity contribution in [1.29, 1.82) is 0 Å². The van der Waals surface area contributed by atoms with Crippen LogP contribution in [0, 0.1) is 0 Å². The first-order valence-electron chi connectivity index (χ1n) is 11.1. The second-order valence-corrected chi connectivity index (χ2v) is 11.4. The van der Waals surface area contributed by atoms with E-state index in [2.05, 4.69) is 32.3 Å². The minimum atomic E-state index is -3.96. The predicted molar refractivity (Wildman–Crippen MR) is 134 cm³/mol. The summed E-state index contributed by atoms with van der Waals surface area (Å²) in [5.74, 6) is -0.157. The molecule has 0 N–H and O–H groups in total. The molecule has 0 atom stereocenters. The summed E-state index contributed by atoms with van der Waals surface area (Å²) in [6.07, 6.45) is 2.38. The minimum Gasteiger partial charge on any atom is -0.337 e. The van der Waals surface area contributed by atoms with Crippen molar-refractivity contribution in [3.63, 3.8) is 0 Å². The Kier molecular flexibility index (Phi) is 7.88. The summed E-state index contributed by atoms with van der Waals surface area (Å²) in [7, 11) is -3.96. The van der Waals surface area contributed by atoms with Gasteiger partial charge in [0, 0.05) is 37.3 Å². The number of sulfonamides is 1. The first-order valence-corrected chi connectivity index (χ1v) is 12.9. The molecule has 0 aliphatic carbocycles. The summed E-state index contributed by atoms with van der Waals surface area (Å²) >= 11 is 6.29. The smallest absolute Gasteiger partial charge is 0.264 e. The molecule has 0 radical (unpaired) electrons. The van der Waals surface area contributed by atoms with Crippen LogP contribution in [-0.4, -0.2) is 62.4 Å². The average Bonchev–Trinajstić information content (AvgIpc) is 3.04. The molecule has 178 valence electrons. The van der Waals surface area contributed by atoms with Crippen molar-refractivity contribution in [1.82, 2.24) is 9.80 Å². The highest BCUT2D eigenvalue weighted by molar-refractivity contribution is 7.92. The van der Waals surface area contributed by atoms with Gasteiger partial charge < -0.3 is 4.90 Å². The Labute approximate surface area is 202 Å². The van der Waals surface area contributed by atoms with Crippen LogP contribution in [-0.2, 0) is 10.0 Å². The number of carbonyl (C=O) groups is 1. The van der Waals surface area contributed by atoms with Gasteiger partial charge in [-0.15, -0.1) is 6.58 Å². The lowest BCUT2D eigenvalue weighted by Crippen LogP contribution is -2.44. The van der Waals surface area contributed by atoms with E-state index in [9.17, 15) is 13.2 Å². The van der Waals surface area contributed by atoms with Crippen molar-refractivity contribution in [3.8, 4) is 0 Å². The Morgan fingerprint density at radius 1 is 1.09 bits per heavy atom. The Bertz CT molecular complexity index is 1110. The van der Waals surface area contributed by atoms with E-state index in [1.54, 1.807) is 36.4 Å². The van der Waals surface area contributed by atoms with Gasteiger partial charge in [0.1, 0.15) is 0 Å². The van der Waals surface area contributed by atoms with Gasteiger partial charge in [0.05, 0.1) is 22.2 Å². The fourth-order valence-corrected chi connectivity index (χ4v) is 5.78. The third-order valence-corrected chi connectivity index (χ3v) is 7.91. The number of carbonyl (C=O) groups excluding carboxylic acids is 1. The molecule has 0 saturated carbocycles. The van der Waals surface area contributed by atoms with Gasteiger partial charge in [0.25, 0.3) is 15.9 Å². The van der Waals surface area contributed by atoms with Crippen LogP contribution in [0.5, 0.6) is 0 Å². The zero-order valence-corrected chi connectivity index (χ0v) is 21.1. The van der Waals surface area contributed by atoms with E-state index in [1.165, 1.54) is 22.5 Å². The van der Waals surface area contributed by atoms with Crippen molar-refractivity contribution >= 4 is 33.2 Å². The highest BCUT2D eigenvalue weighted by Gasteiger charge is 2.29. The van der Waals surface area contributed by atoms with Gasteiger partial charge in [-0.1, -0.05) is 35.9 Å². The molecule has 1 saturated heterocycles. The van der Waals surface area contributed by atoms with Crippen molar-refractivity contribution in [2.45, 2.75) is 37.6 Å². The largest absolute Gasteiger partial charge is 0.337 e. The Morgan fingerprint density at radius 3 is 2.48 bits per heavy atom. The molecule has 0 unspecified atom stereocenters. The third-order valence-electron chi connectivity index (χ3n) is 5.82. The van der Waals surface area contributed by atoms with Crippen LogP contribution in [0.25, 0.3) is 0 Å². The molecule has 0 spiro atoms. The molecule has 2 aromatic rings. The average molecular weight is 490 g/mol. The summed E-state index contributed by atoms with van der Waals surface area (Å²) in [4.78, 5) is 17.5. The zero-order chi connectivity index (χ0) is 24.2. The second kappa shape index (κ2) is 10.3. The summed E-state index contributed by atoms with van der Waals surface area (Å²) in [6, 6.07) is 13.0. The van der Waals surface area contributed by atoms with E-state index in [0.29, 0.717) is 29.4 Å². The Balaban J connectivity index is 1.88. The number of hydrogen-bond donors (Lipinski definition) is 0. The Morgan fingerprint density at radius 2 is 1.82 bits per heavy atom. The lowest BCUT2D eigenvalue weighted by molar-refractivity contribution is 0.0749. The van der Waals surface area contributed by atoms with E-state index in [4.69, 9.17) is 11.6 Å². The maximum absolute atomic E-state index is 13.5. The highest BCUT2D eigenvalue weighted by Crippen LogP contribution is 2.30. The van der Waals surface area contributed by atoms with Gasteiger partial charge >= 0.3 is 0 Å². The molecule has 0 bridgehead atoms. The van der Waals surface area contributed by atoms with Crippen LogP contribution in [0.4, 0.5) is 5.69 Å². The number of benzene rings is 2. The SMILES string of the molecule is C=CCN(c1ccccc1Cl)S(=O)(=O)c1cccc(C(=O)N2CCCN(C(C)(C)C)CC2)c1. The maximum atomic E-state index is 13.5. The molecular weight excluding hydrogens is 458 g/mol. The molecule has 1 amide bonds. The third kappa shape index (κ3) is 5.78. The monoisotopic (exact) mass is 489 g/mol. The topological polar surface area (TPSA) is 60.9 Å². The van der Waals surface area contributed by atoms with Gasteiger partial charge in [-0.2, -0.15) is 0 Å². The molecule has 0 aromatic heterocycles. The zero-order valence-electron chi connectivity index (χ0n) is 19.5. The quantitative estimate of drug-likeness (QED) is 0.553. The highest BCUT2D eigenvalue weighted by atomic mass is 35.5. The molecule has 3 rings (SSSR count). The lowest BCUT2D eigenvalue weighted by Gasteiger charge is -2.34. The van der Waals surface area contributed by atoms with Crippen LogP contribution in [0.3, 0.4) is 0 Å². The number of rotatable bonds is 6.